The maximum Gasteiger partial charge on any atom is 0.303 e. The zero-order chi connectivity index (χ0) is 18.7. The van der Waals surface area contributed by atoms with Gasteiger partial charge in [-0.25, -0.2) is 4.68 Å². The van der Waals surface area contributed by atoms with E-state index in [9.17, 15) is 9.59 Å². The Hall–Kier alpha value is -2.63. The highest BCUT2D eigenvalue weighted by atomic mass is 16.4. The predicted molar refractivity (Wildman–Crippen MR) is 98.7 cm³/mol. The fourth-order valence-electron chi connectivity index (χ4n) is 3.61. The van der Waals surface area contributed by atoms with Gasteiger partial charge in [-0.3, -0.25) is 9.59 Å². The first-order chi connectivity index (χ1) is 12.5. The van der Waals surface area contributed by atoms with Crippen LogP contribution in [0.3, 0.4) is 0 Å². The number of rotatable bonds is 6. The molecule has 0 unspecified atom stereocenters. The van der Waals surface area contributed by atoms with Crippen molar-refractivity contribution in [3.8, 4) is 5.69 Å². The lowest BCUT2D eigenvalue weighted by Gasteiger charge is -2.12. The van der Waals surface area contributed by atoms with Gasteiger partial charge in [0.1, 0.15) is 0 Å². The number of hydrogen-bond donors (Lipinski definition) is 2. The third-order valence-electron chi connectivity index (χ3n) is 5.09. The van der Waals surface area contributed by atoms with Gasteiger partial charge in [-0.15, -0.1) is 0 Å². The monoisotopic (exact) mass is 355 g/mol. The first-order valence-electron chi connectivity index (χ1n) is 9.14. The standard InChI is InChI=1S/C20H25N3O3/c1-13-18(11-12-19(24)25)14(2)23(22-13)17-9-7-15(8-10-17)20(26)21-16-5-3-4-6-16/h7-10,16H,3-6,11-12H2,1-2H3,(H,21,26)(H,24,25). The van der Waals surface area contributed by atoms with Crippen LogP contribution < -0.4 is 5.32 Å². The first-order valence-corrected chi connectivity index (χ1v) is 9.14. The van der Waals surface area contributed by atoms with Crippen molar-refractivity contribution in [1.29, 1.82) is 0 Å². The molecule has 1 aromatic heterocycles. The number of carbonyl (C=O) groups is 2. The van der Waals surface area contributed by atoms with Crippen LogP contribution in [0.25, 0.3) is 5.69 Å². The summed E-state index contributed by atoms with van der Waals surface area (Å²) in [6.07, 6.45) is 5.06. The minimum Gasteiger partial charge on any atom is -0.481 e. The van der Waals surface area contributed by atoms with E-state index in [0.29, 0.717) is 18.0 Å². The lowest BCUT2D eigenvalue weighted by atomic mass is 10.1. The number of aliphatic carboxylic acids is 1. The fourth-order valence-corrected chi connectivity index (χ4v) is 3.61. The molecule has 1 heterocycles. The summed E-state index contributed by atoms with van der Waals surface area (Å²) in [5.41, 5.74) is 4.26. The van der Waals surface area contributed by atoms with Gasteiger partial charge in [0.05, 0.1) is 11.4 Å². The molecule has 6 heteroatoms. The SMILES string of the molecule is Cc1nn(-c2ccc(C(=O)NC3CCCC3)cc2)c(C)c1CCC(=O)O. The van der Waals surface area contributed by atoms with Gasteiger partial charge in [0.25, 0.3) is 5.91 Å². The van der Waals surface area contributed by atoms with Gasteiger partial charge in [-0.2, -0.15) is 5.10 Å². The fraction of sp³-hybridized carbons (Fsp3) is 0.450. The Morgan fingerprint density at radius 3 is 2.46 bits per heavy atom. The van der Waals surface area contributed by atoms with Crippen molar-refractivity contribution >= 4 is 11.9 Å². The molecule has 1 aliphatic rings. The van der Waals surface area contributed by atoms with Gasteiger partial charge in [-0.05, 0) is 62.9 Å². The van der Waals surface area contributed by atoms with E-state index >= 15 is 0 Å². The van der Waals surface area contributed by atoms with E-state index < -0.39 is 5.97 Å². The van der Waals surface area contributed by atoms with Crippen LogP contribution in [-0.4, -0.2) is 32.8 Å². The highest BCUT2D eigenvalue weighted by Gasteiger charge is 2.18. The van der Waals surface area contributed by atoms with E-state index in [1.54, 1.807) is 0 Å². The van der Waals surface area contributed by atoms with Crippen molar-refractivity contribution in [1.82, 2.24) is 15.1 Å². The number of carboxylic acids is 1. The normalized spacial score (nSPS) is 14.5. The molecule has 1 aromatic carbocycles. The molecule has 0 atom stereocenters. The molecule has 2 N–H and O–H groups in total. The maximum atomic E-state index is 12.3. The molecule has 6 nitrogen and oxygen atoms in total. The number of amides is 1. The number of benzene rings is 1. The quantitative estimate of drug-likeness (QED) is 0.833. The average molecular weight is 355 g/mol. The number of nitrogens with one attached hydrogen (secondary N) is 1. The molecule has 3 rings (SSSR count). The van der Waals surface area contributed by atoms with Crippen molar-refractivity contribution in [2.24, 2.45) is 0 Å². The molecule has 0 bridgehead atoms. The minimum atomic E-state index is -0.811. The van der Waals surface area contributed by atoms with E-state index in [2.05, 4.69) is 10.4 Å². The Morgan fingerprint density at radius 2 is 1.85 bits per heavy atom. The second kappa shape index (κ2) is 7.72. The van der Waals surface area contributed by atoms with Crippen LogP contribution in [0.1, 0.15) is 59.4 Å². The van der Waals surface area contributed by atoms with Crippen molar-refractivity contribution in [2.45, 2.75) is 58.4 Å². The number of carbonyl (C=O) groups excluding carboxylic acids is 1. The maximum absolute atomic E-state index is 12.3. The van der Waals surface area contributed by atoms with Crippen LogP contribution in [0.2, 0.25) is 0 Å². The molecule has 1 aliphatic carbocycles. The second-order valence-corrected chi connectivity index (χ2v) is 6.96. The first kappa shape index (κ1) is 18.2. The topological polar surface area (TPSA) is 84.2 Å². The molecule has 1 saturated carbocycles. The summed E-state index contributed by atoms with van der Waals surface area (Å²) in [5.74, 6) is -0.840. The lowest BCUT2D eigenvalue weighted by Crippen LogP contribution is -2.32. The van der Waals surface area contributed by atoms with Gasteiger partial charge in [-0.1, -0.05) is 12.8 Å². The molecule has 1 fully saturated rings. The minimum absolute atomic E-state index is 0.0287. The van der Waals surface area contributed by atoms with Gasteiger partial charge >= 0.3 is 5.97 Å². The van der Waals surface area contributed by atoms with Crippen LogP contribution in [0, 0.1) is 13.8 Å². The highest BCUT2D eigenvalue weighted by Crippen LogP contribution is 2.21. The Morgan fingerprint density at radius 1 is 1.19 bits per heavy atom. The van der Waals surface area contributed by atoms with Gasteiger partial charge in [0.2, 0.25) is 0 Å². The van der Waals surface area contributed by atoms with Crippen LogP contribution in [0.5, 0.6) is 0 Å². The highest BCUT2D eigenvalue weighted by molar-refractivity contribution is 5.94. The summed E-state index contributed by atoms with van der Waals surface area (Å²) in [6.45, 7) is 3.84. The number of carboxylic acid groups (broad SMARTS) is 1. The van der Waals surface area contributed by atoms with Crippen molar-refractivity contribution in [2.75, 3.05) is 0 Å². The predicted octanol–water partition coefficient (Wildman–Crippen LogP) is 3.18. The summed E-state index contributed by atoms with van der Waals surface area (Å²) < 4.78 is 1.81. The van der Waals surface area contributed by atoms with Crippen LogP contribution in [0.4, 0.5) is 0 Å². The Kier molecular flexibility index (Phi) is 5.40. The molecular weight excluding hydrogens is 330 g/mol. The molecule has 0 saturated heterocycles. The second-order valence-electron chi connectivity index (χ2n) is 6.96. The van der Waals surface area contributed by atoms with Gasteiger partial charge in [0.15, 0.2) is 0 Å². The van der Waals surface area contributed by atoms with E-state index in [0.717, 1.165) is 35.5 Å². The van der Waals surface area contributed by atoms with E-state index in [1.807, 2.05) is 42.8 Å². The van der Waals surface area contributed by atoms with E-state index in [1.165, 1.54) is 12.8 Å². The summed E-state index contributed by atoms with van der Waals surface area (Å²) in [7, 11) is 0. The zero-order valence-electron chi connectivity index (χ0n) is 15.3. The molecule has 26 heavy (non-hydrogen) atoms. The largest absolute Gasteiger partial charge is 0.481 e. The number of aromatic nitrogens is 2. The van der Waals surface area contributed by atoms with Crippen LogP contribution in [-0.2, 0) is 11.2 Å². The van der Waals surface area contributed by atoms with Crippen molar-refractivity contribution < 1.29 is 14.7 Å². The van der Waals surface area contributed by atoms with Crippen molar-refractivity contribution in [3.05, 3.63) is 46.8 Å². The Labute approximate surface area is 153 Å². The third kappa shape index (κ3) is 3.95. The number of aryl methyl sites for hydroxylation is 1. The Balaban J connectivity index is 1.75. The number of nitrogens with zero attached hydrogens (tertiary/aromatic N) is 2. The molecular formula is C20H25N3O3. The summed E-state index contributed by atoms with van der Waals surface area (Å²) in [6, 6.07) is 7.68. The molecule has 0 spiro atoms. The van der Waals surface area contributed by atoms with E-state index in [4.69, 9.17) is 5.11 Å². The smallest absolute Gasteiger partial charge is 0.303 e. The van der Waals surface area contributed by atoms with Crippen LogP contribution in [0.15, 0.2) is 24.3 Å². The number of hydrogen-bond acceptors (Lipinski definition) is 3. The molecule has 1 amide bonds. The summed E-state index contributed by atoms with van der Waals surface area (Å²) in [4.78, 5) is 23.2. The summed E-state index contributed by atoms with van der Waals surface area (Å²) >= 11 is 0. The van der Waals surface area contributed by atoms with Gasteiger partial charge < -0.3 is 10.4 Å². The molecule has 0 aliphatic heterocycles. The average Bonchev–Trinajstić information content (AvgIpc) is 3.21. The zero-order valence-corrected chi connectivity index (χ0v) is 15.3. The van der Waals surface area contributed by atoms with Gasteiger partial charge in [0, 0.05) is 23.7 Å². The molecule has 0 radical (unpaired) electrons. The molecule has 2 aromatic rings. The third-order valence-corrected chi connectivity index (χ3v) is 5.09. The van der Waals surface area contributed by atoms with E-state index in [-0.39, 0.29) is 12.3 Å². The lowest BCUT2D eigenvalue weighted by molar-refractivity contribution is -0.136. The Bertz CT molecular complexity index is 802. The van der Waals surface area contributed by atoms with Crippen LogP contribution >= 0.6 is 0 Å². The van der Waals surface area contributed by atoms with Crippen molar-refractivity contribution in [3.63, 3.8) is 0 Å². The summed E-state index contributed by atoms with van der Waals surface area (Å²) in [5, 5.41) is 16.5. The molecule has 138 valence electrons.